The molecule has 4 fully saturated rings. The van der Waals surface area contributed by atoms with Crippen molar-refractivity contribution in [1.29, 1.82) is 0 Å². The molecule has 0 heterocycles. The smallest absolute Gasteiger partial charge is 0.305 e. The van der Waals surface area contributed by atoms with Gasteiger partial charge in [0.2, 0.25) is 0 Å². The highest BCUT2D eigenvalue weighted by atomic mass is 79.9. The van der Waals surface area contributed by atoms with E-state index in [-0.39, 0.29) is 10.8 Å². The standard InChI is InChI=1S/C26H41BrO3/c1-5-30-23(29)11-6-16(2)18-9-10-19-17-7-8-21-24(27)22(28)13-15-26(21,4)20(17)12-14-25(18,19)3/h16-21,24H,5-15H2,1-4H3/t16-,17?,18-,19?,20?,21-,24?,25-,26-/m1/s1. The zero-order valence-electron chi connectivity index (χ0n) is 19.4. The van der Waals surface area contributed by atoms with Crippen LogP contribution >= 0.6 is 15.9 Å². The van der Waals surface area contributed by atoms with E-state index in [1.54, 1.807) is 0 Å². The SMILES string of the molecule is CCOC(=O)CC[C@@H](C)[C@H]1CCC2C3CC[C@@H]4C(Br)C(=O)CC[C@]4(C)C3CC[C@@]21C. The van der Waals surface area contributed by atoms with Crippen molar-refractivity contribution in [3.8, 4) is 0 Å². The lowest BCUT2D eigenvalue weighted by Crippen LogP contribution is -2.56. The third-order valence-corrected chi connectivity index (χ3v) is 11.5. The fourth-order valence-electron chi connectivity index (χ4n) is 8.85. The zero-order valence-corrected chi connectivity index (χ0v) is 21.0. The molecule has 0 aromatic rings. The molecular weight excluding hydrogens is 440 g/mol. The fraction of sp³-hybridized carbons (Fsp3) is 0.923. The lowest BCUT2D eigenvalue weighted by molar-refractivity contribution is -0.143. The van der Waals surface area contributed by atoms with Crippen LogP contribution in [-0.4, -0.2) is 23.2 Å². The van der Waals surface area contributed by atoms with Gasteiger partial charge >= 0.3 is 5.97 Å². The number of Topliss-reactive ketones (excluding diaryl/α,β-unsaturated/α-hetero) is 1. The van der Waals surface area contributed by atoms with Gasteiger partial charge in [0.25, 0.3) is 0 Å². The van der Waals surface area contributed by atoms with E-state index in [9.17, 15) is 9.59 Å². The Kier molecular flexibility index (Phi) is 6.48. The Morgan fingerprint density at radius 1 is 1.07 bits per heavy atom. The van der Waals surface area contributed by atoms with Crippen LogP contribution in [-0.2, 0) is 14.3 Å². The molecule has 0 aliphatic heterocycles. The van der Waals surface area contributed by atoms with Crippen LogP contribution in [0.4, 0.5) is 0 Å². The first kappa shape index (κ1) is 22.8. The first-order chi connectivity index (χ1) is 14.2. The molecule has 30 heavy (non-hydrogen) atoms. The summed E-state index contributed by atoms with van der Waals surface area (Å²) in [6.45, 7) is 9.85. The van der Waals surface area contributed by atoms with Crippen molar-refractivity contribution < 1.29 is 14.3 Å². The van der Waals surface area contributed by atoms with Gasteiger partial charge in [0, 0.05) is 12.8 Å². The van der Waals surface area contributed by atoms with Crippen LogP contribution in [0, 0.1) is 46.3 Å². The summed E-state index contributed by atoms with van der Waals surface area (Å²) in [6.07, 6.45) is 11.3. The minimum atomic E-state index is -0.0322. The van der Waals surface area contributed by atoms with Crippen molar-refractivity contribution in [2.45, 2.75) is 96.7 Å². The Balaban J connectivity index is 1.47. The summed E-state index contributed by atoms with van der Waals surface area (Å²) < 4.78 is 5.17. The molecule has 4 rings (SSSR count). The number of rotatable bonds is 5. The molecule has 4 heteroatoms. The lowest BCUT2D eigenvalue weighted by atomic mass is 9.44. The number of carbonyl (C=O) groups is 2. The maximum absolute atomic E-state index is 12.4. The molecule has 0 radical (unpaired) electrons. The molecule has 0 amide bonds. The Morgan fingerprint density at radius 3 is 2.50 bits per heavy atom. The largest absolute Gasteiger partial charge is 0.466 e. The molecule has 0 aromatic carbocycles. The maximum atomic E-state index is 12.4. The van der Waals surface area contributed by atoms with E-state index in [1.165, 1.54) is 38.5 Å². The van der Waals surface area contributed by atoms with Crippen LogP contribution in [0.3, 0.4) is 0 Å². The summed E-state index contributed by atoms with van der Waals surface area (Å²) in [5.41, 5.74) is 0.761. The molecule has 170 valence electrons. The Hall–Kier alpha value is -0.380. The number of hydrogen-bond acceptors (Lipinski definition) is 3. The zero-order chi connectivity index (χ0) is 21.7. The summed E-state index contributed by atoms with van der Waals surface area (Å²) in [4.78, 5) is 24.3. The fourth-order valence-corrected chi connectivity index (χ4v) is 9.94. The van der Waals surface area contributed by atoms with Crippen molar-refractivity contribution in [2.24, 2.45) is 46.3 Å². The summed E-state index contributed by atoms with van der Waals surface area (Å²) >= 11 is 3.80. The Bertz CT molecular complexity index is 677. The van der Waals surface area contributed by atoms with Crippen LogP contribution in [0.15, 0.2) is 0 Å². The summed E-state index contributed by atoms with van der Waals surface area (Å²) in [6, 6.07) is 0. The van der Waals surface area contributed by atoms with Gasteiger partial charge in [-0.05, 0) is 105 Å². The van der Waals surface area contributed by atoms with Crippen LogP contribution in [0.25, 0.3) is 0 Å². The molecule has 9 atom stereocenters. The van der Waals surface area contributed by atoms with Crippen LogP contribution in [0.1, 0.15) is 91.9 Å². The quantitative estimate of drug-likeness (QED) is 0.330. The third-order valence-electron chi connectivity index (χ3n) is 10.4. The van der Waals surface area contributed by atoms with E-state index in [0.29, 0.717) is 41.5 Å². The normalized spacial score (nSPS) is 46.5. The molecule has 4 saturated carbocycles. The second kappa shape index (κ2) is 8.52. The van der Waals surface area contributed by atoms with Crippen molar-refractivity contribution in [2.75, 3.05) is 6.61 Å². The second-order valence-electron chi connectivity index (χ2n) is 11.5. The number of halogens is 1. The van der Waals surface area contributed by atoms with Gasteiger partial charge in [-0.2, -0.15) is 0 Å². The van der Waals surface area contributed by atoms with Gasteiger partial charge in [0.15, 0.2) is 0 Å². The van der Waals surface area contributed by atoms with E-state index in [4.69, 9.17) is 4.74 Å². The maximum Gasteiger partial charge on any atom is 0.305 e. The average molecular weight is 482 g/mol. The number of fused-ring (bicyclic) bond motifs is 5. The molecule has 4 aliphatic rings. The van der Waals surface area contributed by atoms with Crippen molar-refractivity contribution in [1.82, 2.24) is 0 Å². The van der Waals surface area contributed by atoms with E-state index in [0.717, 1.165) is 42.9 Å². The van der Waals surface area contributed by atoms with Crippen molar-refractivity contribution >= 4 is 27.7 Å². The van der Waals surface area contributed by atoms with Crippen molar-refractivity contribution in [3.05, 3.63) is 0 Å². The van der Waals surface area contributed by atoms with Gasteiger partial charge in [-0.15, -0.1) is 0 Å². The van der Waals surface area contributed by atoms with Crippen LogP contribution < -0.4 is 0 Å². The molecule has 0 N–H and O–H groups in total. The Morgan fingerprint density at radius 2 is 1.77 bits per heavy atom. The first-order valence-corrected chi connectivity index (χ1v) is 13.5. The molecule has 4 unspecified atom stereocenters. The van der Waals surface area contributed by atoms with E-state index < -0.39 is 0 Å². The number of carbonyl (C=O) groups excluding carboxylic acids is 2. The van der Waals surface area contributed by atoms with Gasteiger partial charge < -0.3 is 4.74 Å². The van der Waals surface area contributed by atoms with E-state index >= 15 is 0 Å². The molecule has 0 bridgehead atoms. The molecule has 3 nitrogen and oxygen atoms in total. The van der Waals surface area contributed by atoms with Gasteiger partial charge in [-0.25, -0.2) is 0 Å². The minimum absolute atomic E-state index is 0.0322. The molecule has 4 aliphatic carbocycles. The van der Waals surface area contributed by atoms with Gasteiger partial charge in [0.05, 0.1) is 11.4 Å². The van der Waals surface area contributed by atoms with Crippen LogP contribution in [0.2, 0.25) is 0 Å². The van der Waals surface area contributed by atoms with Gasteiger partial charge in [-0.3, -0.25) is 9.59 Å². The van der Waals surface area contributed by atoms with Crippen LogP contribution in [0.5, 0.6) is 0 Å². The lowest BCUT2D eigenvalue weighted by Gasteiger charge is -2.61. The summed E-state index contributed by atoms with van der Waals surface area (Å²) in [7, 11) is 0. The van der Waals surface area contributed by atoms with Gasteiger partial charge in [-0.1, -0.05) is 36.7 Å². The topological polar surface area (TPSA) is 43.4 Å². The third kappa shape index (κ3) is 3.61. The predicted molar refractivity (Wildman–Crippen MR) is 123 cm³/mol. The monoisotopic (exact) mass is 480 g/mol. The van der Waals surface area contributed by atoms with E-state index in [2.05, 4.69) is 36.7 Å². The molecule has 0 saturated heterocycles. The number of hydrogen-bond donors (Lipinski definition) is 0. The first-order valence-electron chi connectivity index (χ1n) is 12.5. The van der Waals surface area contributed by atoms with Gasteiger partial charge in [0.1, 0.15) is 5.78 Å². The number of esters is 1. The van der Waals surface area contributed by atoms with E-state index in [1.807, 2.05) is 6.92 Å². The molecule has 0 spiro atoms. The predicted octanol–water partition coefficient (Wildman–Crippen LogP) is 6.57. The summed E-state index contributed by atoms with van der Waals surface area (Å²) in [5, 5.41) is 0. The highest BCUT2D eigenvalue weighted by Crippen LogP contribution is 2.68. The van der Waals surface area contributed by atoms with Crippen molar-refractivity contribution in [3.63, 3.8) is 0 Å². The minimum Gasteiger partial charge on any atom is -0.466 e. The molecule has 0 aromatic heterocycles. The average Bonchev–Trinajstić information content (AvgIpc) is 3.07. The second-order valence-corrected chi connectivity index (χ2v) is 12.5. The number of alkyl halides is 1. The highest BCUT2D eigenvalue weighted by molar-refractivity contribution is 9.10. The molecular formula is C26H41BrO3. The highest BCUT2D eigenvalue weighted by Gasteiger charge is 2.61. The number of ketones is 1. The summed E-state index contributed by atoms with van der Waals surface area (Å²) in [5.74, 6) is 4.72. The number of ether oxygens (including phenoxy) is 1. The Labute approximate surface area is 191 Å².